The zero-order valence-corrected chi connectivity index (χ0v) is 10.5. The molecule has 5 nitrogen and oxygen atoms in total. The first kappa shape index (κ1) is 14.0. The third-order valence-corrected chi connectivity index (χ3v) is 2.64. The summed E-state index contributed by atoms with van der Waals surface area (Å²) >= 11 is 0. The Bertz CT molecular complexity index is 464. The molecule has 0 spiro atoms. The summed E-state index contributed by atoms with van der Waals surface area (Å²) in [5.74, 6) is 0. The summed E-state index contributed by atoms with van der Waals surface area (Å²) in [5.41, 5.74) is 0.113. The van der Waals surface area contributed by atoms with E-state index < -0.39 is 11.6 Å². The molecular weight excluding hydrogens is 230 g/mol. The molecule has 0 unspecified atom stereocenters. The van der Waals surface area contributed by atoms with Crippen LogP contribution in [0.3, 0.4) is 0 Å². The van der Waals surface area contributed by atoms with Gasteiger partial charge in [-0.1, -0.05) is 13.0 Å². The highest BCUT2D eigenvalue weighted by atomic mass is 16.3. The molecule has 0 saturated heterocycles. The highest BCUT2D eigenvalue weighted by molar-refractivity contribution is 5.89. The van der Waals surface area contributed by atoms with Crippen LogP contribution in [0.2, 0.25) is 0 Å². The second-order valence-electron chi connectivity index (χ2n) is 4.35. The molecule has 0 aliphatic carbocycles. The summed E-state index contributed by atoms with van der Waals surface area (Å²) in [6.45, 7) is 3.67. The zero-order chi connectivity index (χ0) is 13.6. The van der Waals surface area contributed by atoms with E-state index in [1.807, 2.05) is 13.0 Å². The third kappa shape index (κ3) is 4.44. The molecule has 1 atom stereocenters. The summed E-state index contributed by atoms with van der Waals surface area (Å²) < 4.78 is 0. The first-order chi connectivity index (χ1) is 8.46. The van der Waals surface area contributed by atoms with Gasteiger partial charge in [0.15, 0.2) is 0 Å². The lowest BCUT2D eigenvalue weighted by Crippen LogP contribution is -2.41. The quantitative estimate of drug-likeness (QED) is 0.759. The number of hydrogen-bond acceptors (Lipinski definition) is 3. The van der Waals surface area contributed by atoms with Crippen molar-refractivity contribution in [2.24, 2.45) is 0 Å². The van der Waals surface area contributed by atoms with Gasteiger partial charge in [-0.25, -0.2) is 4.79 Å². The Hall–Kier alpha value is -2.06. The number of nitriles is 1. The van der Waals surface area contributed by atoms with Gasteiger partial charge in [-0.2, -0.15) is 5.26 Å². The molecule has 0 bridgehead atoms. The van der Waals surface area contributed by atoms with E-state index in [1.54, 1.807) is 31.2 Å². The van der Waals surface area contributed by atoms with Crippen molar-refractivity contribution >= 4 is 11.7 Å². The van der Waals surface area contributed by atoms with Gasteiger partial charge < -0.3 is 15.7 Å². The van der Waals surface area contributed by atoms with E-state index in [4.69, 9.17) is 5.26 Å². The number of aliphatic hydroxyl groups is 1. The molecule has 0 fully saturated rings. The maximum Gasteiger partial charge on any atom is 0.319 e. The van der Waals surface area contributed by atoms with Crippen LogP contribution in [0, 0.1) is 11.3 Å². The molecule has 3 N–H and O–H groups in total. The second kappa shape index (κ2) is 6.03. The highest BCUT2D eigenvalue weighted by Gasteiger charge is 2.18. The van der Waals surface area contributed by atoms with Gasteiger partial charge in [-0.3, -0.25) is 0 Å². The molecule has 5 heteroatoms. The van der Waals surface area contributed by atoms with Crippen molar-refractivity contribution in [1.82, 2.24) is 5.32 Å². The summed E-state index contributed by atoms with van der Waals surface area (Å²) in [4.78, 5) is 11.6. The van der Waals surface area contributed by atoms with Crippen molar-refractivity contribution in [1.29, 1.82) is 5.26 Å². The van der Waals surface area contributed by atoms with Crippen molar-refractivity contribution < 1.29 is 9.90 Å². The number of anilines is 1. The molecule has 0 heterocycles. The minimum Gasteiger partial charge on any atom is -0.388 e. The van der Waals surface area contributed by atoms with Crippen LogP contribution >= 0.6 is 0 Å². The van der Waals surface area contributed by atoms with E-state index in [-0.39, 0.29) is 6.54 Å². The minimum atomic E-state index is -0.911. The summed E-state index contributed by atoms with van der Waals surface area (Å²) in [7, 11) is 0. The van der Waals surface area contributed by atoms with Crippen molar-refractivity contribution in [3.05, 3.63) is 29.8 Å². The highest BCUT2D eigenvalue weighted by Crippen LogP contribution is 2.10. The van der Waals surface area contributed by atoms with Gasteiger partial charge in [0, 0.05) is 12.2 Å². The van der Waals surface area contributed by atoms with E-state index in [1.165, 1.54) is 0 Å². The molecule has 0 saturated carbocycles. The Labute approximate surface area is 106 Å². The van der Waals surface area contributed by atoms with Crippen LogP contribution in [-0.4, -0.2) is 23.3 Å². The van der Waals surface area contributed by atoms with Gasteiger partial charge in [0.1, 0.15) is 0 Å². The second-order valence-corrected chi connectivity index (χ2v) is 4.35. The van der Waals surface area contributed by atoms with Gasteiger partial charge in [-0.05, 0) is 31.5 Å². The number of urea groups is 1. The number of carbonyl (C=O) groups is 1. The molecule has 2 amide bonds. The van der Waals surface area contributed by atoms with Crippen molar-refractivity contribution in [2.75, 3.05) is 11.9 Å². The maximum atomic E-state index is 11.6. The Morgan fingerprint density at radius 3 is 2.89 bits per heavy atom. The van der Waals surface area contributed by atoms with Gasteiger partial charge in [0.25, 0.3) is 0 Å². The lowest BCUT2D eigenvalue weighted by Gasteiger charge is -2.21. The molecule has 0 aromatic heterocycles. The number of carbonyl (C=O) groups excluding carboxylic acids is 1. The molecule has 1 aromatic rings. The topological polar surface area (TPSA) is 85.2 Å². The fourth-order valence-electron chi connectivity index (χ4n) is 1.24. The van der Waals surface area contributed by atoms with Crippen LogP contribution in [0.4, 0.5) is 10.5 Å². The Morgan fingerprint density at radius 2 is 2.28 bits per heavy atom. The molecule has 18 heavy (non-hydrogen) atoms. The SMILES string of the molecule is CC[C@](C)(O)CNC(=O)Nc1cccc(C#N)c1. The largest absolute Gasteiger partial charge is 0.388 e. The number of amides is 2. The van der Waals surface area contributed by atoms with E-state index >= 15 is 0 Å². The Morgan fingerprint density at radius 1 is 1.56 bits per heavy atom. The molecule has 0 aliphatic heterocycles. The van der Waals surface area contributed by atoms with Crippen molar-refractivity contribution in [3.63, 3.8) is 0 Å². The van der Waals surface area contributed by atoms with E-state index in [0.29, 0.717) is 17.7 Å². The number of nitrogens with zero attached hydrogens (tertiary/aromatic N) is 1. The monoisotopic (exact) mass is 247 g/mol. The first-order valence-electron chi connectivity index (χ1n) is 5.74. The number of hydrogen-bond donors (Lipinski definition) is 3. The normalized spacial score (nSPS) is 13.2. The molecule has 0 aliphatic rings. The number of nitrogens with one attached hydrogen (secondary N) is 2. The average Bonchev–Trinajstić information content (AvgIpc) is 2.37. The Kier molecular flexibility index (Phi) is 4.69. The lowest BCUT2D eigenvalue weighted by atomic mass is 10.0. The standard InChI is InChI=1S/C13H17N3O2/c1-3-13(2,18)9-15-12(17)16-11-6-4-5-10(7-11)8-14/h4-7,18H,3,9H2,1-2H3,(H2,15,16,17)/t13-/m0/s1. The molecule has 1 rings (SSSR count). The third-order valence-electron chi connectivity index (χ3n) is 2.64. The van der Waals surface area contributed by atoms with Crippen molar-refractivity contribution in [3.8, 4) is 6.07 Å². The molecule has 1 aromatic carbocycles. The first-order valence-corrected chi connectivity index (χ1v) is 5.74. The fourth-order valence-corrected chi connectivity index (χ4v) is 1.24. The molecular formula is C13H17N3O2. The number of benzene rings is 1. The van der Waals surface area contributed by atoms with E-state index in [0.717, 1.165) is 0 Å². The van der Waals surface area contributed by atoms with Gasteiger partial charge in [0.2, 0.25) is 0 Å². The van der Waals surface area contributed by atoms with Gasteiger partial charge in [-0.15, -0.1) is 0 Å². The van der Waals surface area contributed by atoms with Crippen LogP contribution in [0.25, 0.3) is 0 Å². The molecule has 0 radical (unpaired) electrons. The van der Waals surface area contributed by atoms with E-state index in [9.17, 15) is 9.90 Å². The lowest BCUT2D eigenvalue weighted by molar-refractivity contribution is 0.0587. The van der Waals surface area contributed by atoms with Gasteiger partial charge >= 0.3 is 6.03 Å². The smallest absolute Gasteiger partial charge is 0.319 e. The predicted molar refractivity (Wildman–Crippen MR) is 69.1 cm³/mol. The maximum absolute atomic E-state index is 11.6. The van der Waals surface area contributed by atoms with Crippen LogP contribution in [0.1, 0.15) is 25.8 Å². The minimum absolute atomic E-state index is 0.174. The number of rotatable bonds is 4. The van der Waals surface area contributed by atoms with Crippen LogP contribution in [0.5, 0.6) is 0 Å². The predicted octanol–water partition coefficient (Wildman–Crippen LogP) is 1.84. The summed E-state index contributed by atoms with van der Waals surface area (Å²) in [6, 6.07) is 8.21. The van der Waals surface area contributed by atoms with Gasteiger partial charge in [0.05, 0.1) is 17.2 Å². The van der Waals surface area contributed by atoms with Crippen LogP contribution in [0.15, 0.2) is 24.3 Å². The Balaban J connectivity index is 2.52. The van der Waals surface area contributed by atoms with Crippen molar-refractivity contribution in [2.45, 2.75) is 25.9 Å². The fraction of sp³-hybridized carbons (Fsp3) is 0.385. The van der Waals surface area contributed by atoms with E-state index in [2.05, 4.69) is 10.6 Å². The average molecular weight is 247 g/mol. The molecule has 96 valence electrons. The van der Waals surface area contributed by atoms with Crippen LogP contribution in [-0.2, 0) is 0 Å². The van der Waals surface area contributed by atoms with Crippen LogP contribution < -0.4 is 10.6 Å². The summed E-state index contributed by atoms with van der Waals surface area (Å²) in [6.07, 6.45) is 0.553. The zero-order valence-electron chi connectivity index (χ0n) is 10.5. The summed E-state index contributed by atoms with van der Waals surface area (Å²) in [5, 5.41) is 23.6.